The zero-order chi connectivity index (χ0) is 20.6. The molecule has 11 heteroatoms. The van der Waals surface area contributed by atoms with Gasteiger partial charge in [-0.15, -0.1) is 4.40 Å². The molecule has 3 rings (SSSR count). The van der Waals surface area contributed by atoms with E-state index in [4.69, 9.17) is 0 Å². The van der Waals surface area contributed by atoms with E-state index in [-0.39, 0.29) is 17.1 Å². The molecule has 8 nitrogen and oxygen atoms in total. The molecule has 1 amide bonds. The van der Waals surface area contributed by atoms with Crippen LogP contribution in [-0.2, 0) is 21.5 Å². The van der Waals surface area contributed by atoms with E-state index in [0.29, 0.717) is 28.2 Å². The van der Waals surface area contributed by atoms with E-state index in [0.717, 1.165) is 19.2 Å². The van der Waals surface area contributed by atoms with Crippen molar-refractivity contribution in [2.24, 2.45) is 4.40 Å². The Morgan fingerprint density at radius 1 is 1.29 bits per heavy atom. The average molecular weight is 409 g/mol. The van der Waals surface area contributed by atoms with Crippen LogP contribution in [0.2, 0.25) is 0 Å². The second-order valence-electron chi connectivity index (χ2n) is 6.01. The third kappa shape index (κ3) is 3.65. The van der Waals surface area contributed by atoms with Crippen LogP contribution >= 0.6 is 0 Å². The van der Waals surface area contributed by atoms with Gasteiger partial charge >= 0.3 is 10.2 Å². The summed E-state index contributed by atoms with van der Waals surface area (Å²) in [5.41, 5.74) is 0.493. The first kappa shape index (κ1) is 19.7. The summed E-state index contributed by atoms with van der Waals surface area (Å²) in [6, 6.07) is 2.63. The van der Waals surface area contributed by atoms with E-state index < -0.39 is 27.8 Å². The van der Waals surface area contributed by atoms with Gasteiger partial charge in [0.2, 0.25) is 0 Å². The molecule has 0 bridgehead atoms. The molecule has 28 heavy (non-hydrogen) atoms. The first-order valence-electron chi connectivity index (χ1n) is 8.23. The minimum atomic E-state index is -4.17. The van der Waals surface area contributed by atoms with Crippen molar-refractivity contribution in [3.05, 3.63) is 59.1 Å². The minimum absolute atomic E-state index is 0.0417. The molecule has 0 fully saturated rings. The van der Waals surface area contributed by atoms with Crippen molar-refractivity contribution in [2.75, 3.05) is 12.4 Å². The number of carbonyl (C=O) groups is 1. The molecular weight excluding hydrogens is 392 g/mol. The standard InChI is InChI=1S/C17H17F2N5O3S/c1-4-24-9-12(10(2)21-24)15-8-16(23(3)28(26,27)22-15)17(25)20-14-6-5-11(18)7-13(14)19/h5-9H,4H2,1-3H3,(H,20,25). The van der Waals surface area contributed by atoms with E-state index in [1.54, 1.807) is 17.8 Å². The highest BCUT2D eigenvalue weighted by Gasteiger charge is 2.31. The molecule has 1 aromatic heterocycles. The second kappa shape index (κ2) is 7.15. The van der Waals surface area contributed by atoms with E-state index >= 15 is 0 Å². The highest BCUT2D eigenvalue weighted by molar-refractivity contribution is 7.88. The van der Waals surface area contributed by atoms with Crippen LogP contribution < -0.4 is 5.32 Å². The molecule has 0 radical (unpaired) electrons. The van der Waals surface area contributed by atoms with Crippen LogP contribution in [0.3, 0.4) is 0 Å². The van der Waals surface area contributed by atoms with Gasteiger partial charge in [0.05, 0.1) is 17.1 Å². The van der Waals surface area contributed by atoms with E-state index in [9.17, 15) is 22.0 Å². The Labute approximate surface area is 160 Å². The van der Waals surface area contributed by atoms with Crippen LogP contribution in [0, 0.1) is 18.6 Å². The second-order valence-corrected chi connectivity index (χ2v) is 7.64. The number of benzene rings is 1. The van der Waals surface area contributed by atoms with E-state index in [1.165, 1.54) is 6.08 Å². The van der Waals surface area contributed by atoms with Crippen LogP contribution in [-0.4, -0.2) is 41.2 Å². The predicted molar refractivity (Wildman–Crippen MR) is 98.9 cm³/mol. The summed E-state index contributed by atoms with van der Waals surface area (Å²) >= 11 is 0. The fourth-order valence-electron chi connectivity index (χ4n) is 2.60. The van der Waals surface area contributed by atoms with Gasteiger partial charge in [-0.1, -0.05) is 0 Å². The first-order chi connectivity index (χ1) is 13.1. The van der Waals surface area contributed by atoms with Gasteiger partial charge in [-0.2, -0.15) is 13.5 Å². The Morgan fingerprint density at radius 2 is 2.00 bits per heavy atom. The number of hydrogen-bond donors (Lipinski definition) is 1. The molecule has 1 aliphatic heterocycles. The molecule has 148 valence electrons. The quantitative estimate of drug-likeness (QED) is 0.835. The fraction of sp³-hybridized carbons (Fsp3) is 0.235. The lowest BCUT2D eigenvalue weighted by atomic mass is 10.1. The zero-order valence-electron chi connectivity index (χ0n) is 15.3. The maximum absolute atomic E-state index is 13.8. The number of likely N-dealkylation sites (N-methyl/N-ethyl adjacent to an activating group) is 1. The predicted octanol–water partition coefficient (Wildman–Crippen LogP) is 1.99. The Kier molecular flexibility index (Phi) is 5.02. The van der Waals surface area contributed by atoms with Crippen molar-refractivity contribution in [1.82, 2.24) is 14.1 Å². The first-order valence-corrected chi connectivity index (χ1v) is 9.63. The summed E-state index contributed by atoms with van der Waals surface area (Å²) in [4.78, 5) is 12.6. The number of anilines is 1. The molecule has 0 spiro atoms. The van der Waals surface area contributed by atoms with Crippen LogP contribution in [0.1, 0.15) is 18.2 Å². The number of nitrogens with zero attached hydrogens (tertiary/aromatic N) is 4. The van der Waals surface area contributed by atoms with Gasteiger partial charge in [0.25, 0.3) is 5.91 Å². The SMILES string of the molecule is CCn1cc(C2=NS(=O)(=O)N(C)C(C(=O)Nc3ccc(F)cc3F)=C2)c(C)n1. The molecule has 1 N–H and O–H groups in total. The van der Waals surface area contributed by atoms with Crippen molar-refractivity contribution in [1.29, 1.82) is 0 Å². The molecule has 1 aliphatic rings. The van der Waals surface area contributed by atoms with Crippen molar-refractivity contribution < 1.29 is 22.0 Å². The third-order valence-electron chi connectivity index (χ3n) is 4.13. The van der Waals surface area contributed by atoms with Crippen molar-refractivity contribution in [2.45, 2.75) is 20.4 Å². The molecule has 0 unspecified atom stereocenters. The number of halogens is 2. The summed E-state index contributed by atoms with van der Waals surface area (Å²) < 4.78 is 57.7. The molecule has 0 saturated heterocycles. The third-order valence-corrected chi connectivity index (χ3v) is 5.45. The molecular formula is C17H17F2N5O3S. The Bertz CT molecular complexity index is 1120. The number of amides is 1. The summed E-state index contributed by atoms with van der Waals surface area (Å²) in [5, 5.41) is 6.49. The van der Waals surface area contributed by atoms with Gasteiger partial charge in [0.15, 0.2) is 0 Å². The normalized spacial score (nSPS) is 15.8. The van der Waals surface area contributed by atoms with Crippen molar-refractivity contribution in [3.63, 3.8) is 0 Å². The lowest BCUT2D eigenvalue weighted by Gasteiger charge is -2.23. The number of nitrogens with one attached hydrogen (secondary N) is 1. The number of aryl methyl sites for hydroxylation is 2. The Balaban J connectivity index is 2.00. The van der Waals surface area contributed by atoms with Gasteiger partial charge in [-0.25, -0.2) is 13.1 Å². The van der Waals surface area contributed by atoms with Crippen molar-refractivity contribution >= 4 is 27.5 Å². The van der Waals surface area contributed by atoms with Crippen molar-refractivity contribution in [3.8, 4) is 0 Å². The molecule has 0 aliphatic carbocycles. The number of carbonyl (C=O) groups excluding carboxylic acids is 1. The summed E-state index contributed by atoms with van der Waals surface area (Å²) in [6.07, 6.45) is 2.91. The number of rotatable bonds is 4. The molecule has 2 heterocycles. The largest absolute Gasteiger partial charge is 0.345 e. The molecule has 0 saturated carbocycles. The van der Waals surface area contributed by atoms with Crippen LogP contribution in [0.4, 0.5) is 14.5 Å². The smallest absolute Gasteiger partial charge is 0.318 e. The van der Waals surface area contributed by atoms with E-state index in [2.05, 4.69) is 14.8 Å². The minimum Gasteiger partial charge on any atom is -0.318 e. The summed E-state index contributed by atoms with van der Waals surface area (Å²) in [6.45, 7) is 4.13. The van der Waals surface area contributed by atoms with Gasteiger partial charge in [-0.05, 0) is 32.1 Å². The van der Waals surface area contributed by atoms with Gasteiger partial charge in [0, 0.05) is 31.4 Å². The number of aromatic nitrogens is 2. The highest BCUT2D eigenvalue weighted by atomic mass is 32.2. The van der Waals surface area contributed by atoms with Gasteiger partial charge in [0.1, 0.15) is 17.3 Å². The number of allylic oxidation sites excluding steroid dienone is 1. The zero-order valence-corrected chi connectivity index (χ0v) is 16.1. The molecule has 0 atom stereocenters. The van der Waals surface area contributed by atoms with Crippen LogP contribution in [0.25, 0.3) is 0 Å². The lowest BCUT2D eigenvalue weighted by molar-refractivity contribution is -0.113. The Hall–Kier alpha value is -3.08. The maximum atomic E-state index is 13.8. The van der Waals surface area contributed by atoms with Crippen LogP contribution in [0.15, 0.2) is 40.6 Å². The average Bonchev–Trinajstić information content (AvgIpc) is 3.00. The molecule has 1 aromatic carbocycles. The van der Waals surface area contributed by atoms with Gasteiger partial charge < -0.3 is 5.32 Å². The lowest BCUT2D eigenvalue weighted by Crippen LogP contribution is -2.35. The monoisotopic (exact) mass is 409 g/mol. The van der Waals surface area contributed by atoms with E-state index in [1.807, 2.05) is 6.92 Å². The fourth-order valence-corrected chi connectivity index (χ4v) is 3.51. The summed E-state index contributed by atoms with van der Waals surface area (Å²) in [5.74, 6) is -2.67. The van der Waals surface area contributed by atoms with Gasteiger partial charge in [-0.3, -0.25) is 9.48 Å². The maximum Gasteiger partial charge on any atom is 0.345 e. The number of hydrogen-bond acceptors (Lipinski definition) is 4. The Morgan fingerprint density at radius 3 is 2.61 bits per heavy atom. The highest BCUT2D eigenvalue weighted by Crippen LogP contribution is 2.23. The topological polar surface area (TPSA) is 96.7 Å². The molecule has 2 aromatic rings. The summed E-state index contributed by atoms with van der Waals surface area (Å²) in [7, 11) is -3.02. The van der Waals surface area contributed by atoms with Crippen LogP contribution in [0.5, 0.6) is 0 Å².